The van der Waals surface area contributed by atoms with Crippen LogP contribution >= 0.6 is 0 Å². The van der Waals surface area contributed by atoms with Crippen LogP contribution in [0.1, 0.15) is 42.5 Å². The van der Waals surface area contributed by atoms with E-state index in [0.717, 1.165) is 11.4 Å². The second kappa shape index (κ2) is 7.92. The lowest BCUT2D eigenvalue weighted by Crippen LogP contribution is -2.37. The van der Waals surface area contributed by atoms with Crippen molar-refractivity contribution in [2.75, 3.05) is 6.54 Å². The zero-order chi connectivity index (χ0) is 18.6. The number of rotatable bonds is 6. The molecule has 7 heteroatoms. The van der Waals surface area contributed by atoms with Gasteiger partial charge in [0.2, 0.25) is 0 Å². The summed E-state index contributed by atoms with van der Waals surface area (Å²) in [6.07, 6.45) is 0.564. The van der Waals surface area contributed by atoms with Gasteiger partial charge in [-0.2, -0.15) is 5.10 Å². The van der Waals surface area contributed by atoms with E-state index in [9.17, 15) is 9.59 Å². The van der Waals surface area contributed by atoms with E-state index in [1.165, 1.54) is 6.20 Å². The van der Waals surface area contributed by atoms with Crippen LogP contribution in [0.25, 0.3) is 5.82 Å². The molecule has 1 unspecified atom stereocenters. The van der Waals surface area contributed by atoms with Crippen molar-refractivity contribution in [3.63, 3.8) is 0 Å². The van der Waals surface area contributed by atoms with Gasteiger partial charge in [-0.05, 0) is 44.9 Å². The molecule has 0 aliphatic carbocycles. The van der Waals surface area contributed by atoms with Gasteiger partial charge in [-0.3, -0.25) is 4.79 Å². The number of amides is 1. The summed E-state index contributed by atoms with van der Waals surface area (Å²) in [5.74, 6) is 0.0525. The summed E-state index contributed by atoms with van der Waals surface area (Å²) in [6.45, 7) is 9.91. The molecule has 7 nitrogen and oxygen atoms in total. The Labute approximate surface area is 147 Å². The Morgan fingerprint density at radius 2 is 1.96 bits per heavy atom. The van der Waals surface area contributed by atoms with Gasteiger partial charge >= 0.3 is 5.97 Å². The van der Waals surface area contributed by atoms with Crippen LogP contribution in [-0.4, -0.2) is 39.3 Å². The Bertz CT molecular complexity index is 750. The smallest absolute Gasteiger partial charge is 0.340 e. The first kappa shape index (κ1) is 18.6. The van der Waals surface area contributed by atoms with Gasteiger partial charge in [0.25, 0.3) is 5.91 Å². The average molecular weight is 344 g/mol. The molecule has 0 saturated carbocycles. The van der Waals surface area contributed by atoms with E-state index in [1.54, 1.807) is 23.7 Å². The first-order valence-electron chi connectivity index (χ1n) is 8.26. The van der Waals surface area contributed by atoms with E-state index >= 15 is 0 Å². The Morgan fingerprint density at radius 1 is 1.24 bits per heavy atom. The molecule has 2 aromatic rings. The molecule has 0 spiro atoms. The highest BCUT2D eigenvalue weighted by Crippen LogP contribution is 2.11. The highest BCUT2D eigenvalue weighted by molar-refractivity contribution is 5.92. The number of nitrogens with zero attached hydrogens (tertiary/aromatic N) is 3. The molecular weight excluding hydrogens is 320 g/mol. The van der Waals surface area contributed by atoms with Crippen molar-refractivity contribution in [3.05, 3.63) is 41.3 Å². The van der Waals surface area contributed by atoms with Gasteiger partial charge in [0.15, 0.2) is 11.9 Å². The molecule has 0 fully saturated rings. The Hall–Kier alpha value is -2.70. The Balaban J connectivity index is 2.00. The van der Waals surface area contributed by atoms with Crippen LogP contribution < -0.4 is 5.32 Å². The van der Waals surface area contributed by atoms with Gasteiger partial charge < -0.3 is 10.1 Å². The van der Waals surface area contributed by atoms with Crippen LogP contribution in [0.3, 0.4) is 0 Å². The van der Waals surface area contributed by atoms with Crippen LogP contribution in [0.5, 0.6) is 0 Å². The monoisotopic (exact) mass is 344 g/mol. The SMILES string of the molecule is Cc1cc(C)n(-c2ccc(C(=O)OC(C)C(=O)NCC(C)C)cn2)n1. The molecule has 0 aliphatic rings. The summed E-state index contributed by atoms with van der Waals surface area (Å²) < 4.78 is 6.89. The van der Waals surface area contributed by atoms with E-state index < -0.39 is 12.1 Å². The van der Waals surface area contributed by atoms with E-state index in [2.05, 4.69) is 15.4 Å². The van der Waals surface area contributed by atoms with Crippen LogP contribution in [-0.2, 0) is 9.53 Å². The first-order chi connectivity index (χ1) is 11.8. The number of carbonyl (C=O) groups is 2. The molecule has 0 bridgehead atoms. The van der Waals surface area contributed by atoms with E-state index in [4.69, 9.17) is 4.74 Å². The number of esters is 1. The summed E-state index contributed by atoms with van der Waals surface area (Å²) in [7, 11) is 0. The van der Waals surface area contributed by atoms with Gasteiger partial charge in [0.1, 0.15) is 0 Å². The molecular formula is C18H24N4O3. The predicted octanol–water partition coefficient (Wildman–Crippen LogP) is 2.20. The summed E-state index contributed by atoms with van der Waals surface area (Å²) >= 11 is 0. The molecule has 134 valence electrons. The van der Waals surface area contributed by atoms with Crippen molar-refractivity contribution in [1.29, 1.82) is 0 Å². The maximum absolute atomic E-state index is 12.2. The van der Waals surface area contributed by atoms with Crippen molar-refractivity contribution < 1.29 is 14.3 Å². The van der Waals surface area contributed by atoms with E-state index in [0.29, 0.717) is 18.3 Å². The predicted molar refractivity (Wildman–Crippen MR) is 93.6 cm³/mol. The number of ether oxygens (including phenoxy) is 1. The minimum Gasteiger partial charge on any atom is -0.449 e. The molecule has 1 atom stereocenters. The summed E-state index contributed by atoms with van der Waals surface area (Å²) in [4.78, 5) is 28.3. The van der Waals surface area contributed by atoms with Gasteiger partial charge in [0.05, 0.1) is 11.3 Å². The minimum absolute atomic E-state index is 0.286. The largest absolute Gasteiger partial charge is 0.449 e. The lowest BCUT2D eigenvalue weighted by Gasteiger charge is -2.14. The molecule has 0 aliphatic heterocycles. The number of aryl methyl sites for hydroxylation is 2. The van der Waals surface area contributed by atoms with Gasteiger partial charge in [0, 0.05) is 18.4 Å². The van der Waals surface area contributed by atoms with E-state index in [-0.39, 0.29) is 11.5 Å². The molecule has 1 N–H and O–H groups in total. The highest BCUT2D eigenvalue weighted by Gasteiger charge is 2.19. The number of aromatic nitrogens is 3. The average Bonchev–Trinajstić information content (AvgIpc) is 2.91. The van der Waals surface area contributed by atoms with Gasteiger partial charge in [-0.15, -0.1) is 0 Å². The maximum Gasteiger partial charge on any atom is 0.340 e. The van der Waals surface area contributed by atoms with Crippen molar-refractivity contribution in [2.45, 2.75) is 40.7 Å². The molecule has 2 heterocycles. The molecule has 0 aromatic carbocycles. The third-order valence-corrected chi connectivity index (χ3v) is 3.55. The number of hydrogen-bond donors (Lipinski definition) is 1. The molecule has 2 aromatic heterocycles. The second-order valence-corrected chi connectivity index (χ2v) is 6.43. The third-order valence-electron chi connectivity index (χ3n) is 3.55. The van der Waals surface area contributed by atoms with Gasteiger partial charge in [-0.1, -0.05) is 13.8 Å². The fraction of sp³-hybridized carbons (Fsp3) is 0.444. The number of hydrogen-bond acceptors (Lipinski definition) is 5. The van der Waals surface area contributed by atoms with Crippen molar-refractivity contribution in [1.82, 2.24) is 20.1 Å². The van der Waals surface area contributed by atoms with Crippen molar-refractivity contribution in [2.24, 2.45) is 5.92 Å². The summed E-state index contributed by atoms with van der Waals surface area (Å²) in [5, 5.41) is 7.08. The maximum atomic E-state index is 12.2. The number of nitrogens with one attached hydrogen (secondary N) is 1. The quantitative estimate of drug-likeness (QED) is 0.812. The van der Waals surface area contributed by atoms with Crippen LogP contribution in [0.2, 0.25) is 0 Å². The molecule has 2 rings (SSSR count). The molecule has 1 amide bonds. The van der Waals surface area contributed by atoms with Crippen LogP contribution in [0.15, 0.2) is 24.4 Å². The zero-order valence-corrected chi connectivity index (χ0v) is 15.2. The lowest BCUT2D eigenvalue weighted by molar-refractivity contribution is -0.129. The Kier molecular flexibility index (Phi) is 5.90. The normalized spacial score (nSPS) is 12.1. The van der Waals surface area contributed by atoms with E-state index in [1.807, 2.05) is 33.8 Å². The minimum atomic E-state index is -0.859. The summed E-state index contributed by atoms with van der Waals surface area (Å²) in [6, 6.07) is 5.25. The fourth-order valence-corrected chi connectivity index (χ4v) is 2.22. The standard InChI is InChI=1S/C18H24N4O3/c1-11(2)9-20-17(23)14(5)25-18(24)15-6-7-16(19-10-15)22-13(4)8-12(3)21-22/h6-8,10-11,14H,9H2,1-5H3,(H,20,23). The van der Waals surface area contributed by atoms with Crippen molar-refractivity contribution >= 4 is 11.9 Å². The van der Waals surface area contributed by atoms with Crippen molar-refractivity contribution in [3.8, 4) is 5.82 Å². The molecule has 25 heavy (non-hydrogen) atoms. The summed E-state index contributed by atoms with van der Waals surface area (Å²) in [5.41, 5.74) is 2.13. The number of pyridine rings is 1. The fourth-order valence-electron chi connectivity index (χ4n) is 2.22. The molecule has 0 radical (unpaired) electrons. The molecule has 0 saturated heterocycles. The zero-order valence-electron chi connectivity index (χ0n) is 15.2. The third kappa shape index (κ3) is 4.89. The lowest BCUT2D eigenvalue weighted by atomic mass is 10.2. The number of carbonyl (C=O) groups excluding carboxylic acids is 2. The van der Waals surface area contributed by atoms with Gasteiger partial charge in [-0.25, -0.2) is 14.5 Å². The van der Waals surface area contributed by atoms with Crippen LogP contribution in [0.4, 0.5) is 0 Å². The topological polar surface area (TPSA) is 86.1 Å². The highest BCUT2D eigenvalue weighted by atomic mass is 16.5. The first-order valence-corrected chi connectivity index (χ1v) is 8.26. The second-order valence-electron chi connectivity index (χ2n) is 6.43. The van der Waals surface area contributed by atoms with Crippen LogP contribution in [0, 0.1) is 19.8 Å². The Morgan fingerprint density at radius 3 is 2.48 bits per heavy atom.